The molecule has 1 fully saturated rings. The number of benzene rings is 1. The lowest BCUT2D eigenvalue weighted by Gasteiger charge is -2.27. The Kier molecular flexibility index (Phi) is 1.88. The topological polar surface area (TPSA) is 38.3 Å². The minimum Gasteiger partial charge on any atom is -0.467 e. The summed E-state index contributed by atoms with van der Waals surface area (Å²) in [4.78, 5) is 10.5. The maximum absolute atomic E-state index is 13.0. The summed E-state index contributed by atoms with van der Waals surface area (Å²) in [7, 11) is 0. The molecule has 2 rings (SSSR count). The van der Waals surface area contributed by atoms with Crippen LogP contribution in [0.3, 0.4) is 0 Å². The summed E-state index contributed by atoms with van der Waals surface area (Å²) in [5.41, 5.74) is 0. The lowest BCUT2D eigenvalue weighted by atomic mass is 10.2. The van der Waals surface area contributed by atoms with Gasteiger partial charge in [-0.1, -0.05) is 12.1 Å². The van der Waals surface area contributed by atoms with Crippen LogP contribution >= 0.6 is 0 Å². The van der Waals surface area contributed by atoms with Crippen LogP contribution in [0, 0.1) is 5.82 Å². The van der Waals surface area contributed by atoms with Crippen molar-refractivity contribution in [2.75, 3.05) is 0 Å². The van der Waals surface area contributed by atoms with Gasteiger partial charge in [0, 0.05) is 0 Å². The van der Waals surface area contributed by atoms with E-state index < -0.39 is 5.82 Å². The molecule has 1 aliphatic heterocycles. The molecule has 0 aromatic heterocycles. The highest BCUT2D eigenvalue weighted by Gasteiger charge is 2.27. The summed E-state index contributed by atoms with van der Waals surface area (Å²) in [5.74, 6) is -0.308. The second kappa shape index (κ2) is 3.05. The third-order valence-electron chi connectivity index (χ3n) is 1.80. The first kappa shape index (κ1) is 8.04. The van der Waals surface area contributed by atoms with E-state index in [9.17, 15) is 9.18 Å². The Bertz CT molecular complexity index is 332. The van der Waals surface area contributed by atoms with Gasteiger partial charge in [-0.2, -0.15) is 0 Å². The van der Waals surface area contributed by atoms with E-state index in [1.54, 1.807) is 12.1 Å². The van der Waals surface area contributed by atoms with Gasteiger partial charge in [0.05, 0.1) is 6.42 Å². The third kappa shape index (κ3) is 1.61. The van der Waals surface area contributed by atoms with E-state index in [-0.39, 0.29) is 17.9 Å². The fraction of sp³-hybridized carbons (Fsp3) is 0.222. The first-order chi connectivity index (χ1) is 6.25. The van der Waals surface area contributed by atoms with Crippen LogP contribution in [0.1, 0.15) is 6.42 Å². The Morgan fingerprint density at radius 2 is 2.15 bits per heavy atom. The van der Waals surface area contributed by atoms with Gasteiger partial charge in [0.15, 0.2) is 17.8 Å². The molecular formula is C9H8FNO2. The van der Waals surface area contributed by atoms with E-state index in [0.717, 1.165) is 0 Å². The number of rotatable bonds is 2. The minimum absolute atomic E-state index is 0.0682. The molecule has 1 aromatic rings. The number of amides is 1. The first-order valence-corrected chi connectivity index (χ1v) is 3.96. The average Bonchev–Trinajstić information content (AvgIpc) is 2.06. The van der Waals surface area contributed by atoms with Gasteiger partial charge in [0.2, 0.25) is 5.91 Å². The fourth-order valence-electron chi connectivity index (χ4n) is 1.09. The van der Waals surface area contributed by atoms with Crippen LogP contribution in [0.5, 0.6) is 5.75 Å². The lowest BCUT2D eigenvalue weighted by Crippen LogP contribution is -2.51. The lowest BCUT2D eigenvalue weighted by molar-refractivity contribution is -0.134. The second-order valence-electron chi connectivity index (χ2n) is 2.81. The molecule has 0 radical (unpaired) electrons. The molecule has 68 valence electrons. The van der Waals surface area contributed by atoms with Crippen LogP contribution in [-0.4, -0.2) is 12.1 Å². The Labute approximate surface area is 74.5 Å². The van der Waals surface area contributed by atoms with E-state index in [1.165, 1.54) is 12.1 Å². The Balaban J connectivity index is 2.02. The number of carbonyl (C=O) groups excluding carboxylic acids is 1. The highest BCUT2D eigenvalue weighted by Crippen LogP contribution is 2.19. The second-order valence-corrected chi connectivity index (χ2v) is 2.81. The van der Waals surface area contributed by atoms with E-state index in [4.69, 9.17) is 4.74 Å². The molecule has 1 amide bonds. The summed E-state index contributed by atoms with van der Waals surface area (Å²) in [6.45, 7) is 0. The van der Waals surface area contributed by atoms with Crippen molar-refractivity contribution in [3.63, 3.8) is 0 Å². The summed E-state index contributed by atoms with van der Waals surface area (Å²) >= 11 is 0. The number of hydrogen-bond donors (Lipinski definition) is 1. The molecule has 1 N–H and O–H groups in total. The molecule has 0 bridgehead atoms. The number of nitrogens with one attached hydrogen (secondary N) is 1. The quantitative estimate of drug-likeness (QED) is 0.692. The predicted molar refractivity (Wildman–Crippen MR) is 43.6 cm³/mol. The summed E-state index contributed by atoms with van der Waals surface area (Å²) in [5, 5.41) is 2.49. The molecule has 0 aliphatic carbocycles. The summed E-state index contributed by atoms with van der Waals surface area (Å²) in [6.07, 6.45) is -0.0710. The van der Waals surface area contributed by atoms with Crippen molar-refractivity contribution in [3.05, 3.63) is 30.1 Å². The largest absolute Gasteiger partial charge is 0.467 e. The number of hydrogen-bond acceptors (Lipinski definition) is 2. The van der Waals surface area contributed by atoms with Gasteiger partial charge in [0.25, 0.3) is 0 Å². The van der Waals surface area contributed by atoms with Crippen LogP contribution in [-0.2, 0) is 4.79 Å². The average molecular weight is 181 g/mol. The standard InChI is InChI=1S/C9H8FNO2/c10-6-3-1-2-4-7(6)13-9-5-8(12)11-9/h1-4,9H,5H2,(H,11,12). The van der Waals surface area contributed by atoms with Crippen LogP contribution in [0.25, 0.3) is 0 Å². The zero-order chi connectivity index (χ0) is 9.26. The molecule has 4 heteroatoms. The zero-order valence-electron chi connectivity index (χ0n) is 6.79. The van der Waals surface area contributed by atoms with Crippen molar-refractivity contribution >= 4 is 5.91 Å². The van der Waals surface area contributed by atoms with Gasteiger partial charge in [-0.05, 0) is 12.1 Å². The molecule has 1 saturated heterocycles. The van der Waals surface area contributed by atoms with E-state index in [2.05, 4.69) is 5.32 Å². The van der Waals surface area contributed by atoms with Gasteiger partial charge in [-0.3, -0.25) is 4.79 Å². The molecule has 0 saturated carbocycles. The van der Waals surface area contributed by atoms with E-state index in [0.29, 0.717) is 6.42 Å². The fourth-order valence-corrected chi connectivity index (χ4v) is 1.09. The van der Waals surface area contributed by atoms with Crippen LogP contribution < -0.4 is 10.1 Å². The van der Waals surface area contributed by atoms with Gasteiger partial charge in [-0.25, -0.2) is 4.39 Å². The van der Waals surface area contributed by atoms with Crippen molar-refractivity contribution < 1.29 is 13.9 Å². The molecule has 3 nitrogen and oxygen atoms in total. The molecule has 1 atom stereocenters. The van der Waals surface area contributed by atoms with Crippen molar-refractivity contribution in [2.45, 2.75) is 12.6 Å². The summed E-state index contributed by atoms with van der Waals surface area (Å²) < 4.78 is 18.1. The Morgan fingerprint density at radius 3 is 2.77 bits per heavy atom. The van der Waals surface area contributed by atoms with Crippen LogP contribution in [0.2, 0.25) is 0 Å². The van der Waals surface area contributed by atoms with E-state index >= 15 is 0 Å². The van der Waals surface area contributed by atoms with Crippen molar-refractivity contribution in [3.8, 4) is 5.75 Å². The molecule has 1 heterocycles. The maximum Gasteiger partial charge on any atom is 0.228 e. The number of β-lactam (4-membered cyclic amide) rings is 1. The molecule has 1 unspecified atom stereocenters. The SMILES string of the molecule is O=C1CC(Oc2ccccc2F)N1. The molecule has 0 spiro atoms. The number of carbonyl (C=O) groups is 1. The number of halogens is 1. The van der Waals surface area contributed by atoms with Crippen molar-refractivity contribution in [1.29, 1.82) is 0 Å². The smallest absolute Gasteiger partial charge is 0.228 e. The highest BCUT2D eigenvalue weighted by atomic mass is 19.1. The monoisotopic (exact) mass is 181 g/mol. The van der Waals surface area contributed by atoms with Crippen molar-refractivity contribution in [2.24, 2.45) is 0 Å². The van der Waals surface area contributed by atoms with Crippen molar-refractivity contribution in [1.82, 2.24) is 5.32 Å². The molecular weight excluding hydrogens is 173 g/mol. The van der Waals surface area contributed by atoms with Gasteiger partial charge in [0.1, 0.15) is 0 Å². The van der Waals surface area contributed by atoms with Crippen LogP contribution in [0.4, 0.5) is 4.39 Å². The highest BCUT2D eigenvalue weighted by molar-refractivity contribution is 5.82. The predicted octanol–water partition coefficient (Wildman–Crippen LogP) is 1.05. The Morgan fingerprint density at radius 1 is 1.46 bits per heavy atom. The van der Waals surface area contributed by atoms with Gasteiger partial charge < -0.3 is 10.1 Å². The third-order valence-corrected chi connectivity index (χ3v) is 1.80. The zero-order valence-corrected chi connectivity index (χ0v) is 6.79. The summed E-state index contributed by atoms with van der Waals surface area (Å²) in [6, 6.07) is 6.11. The normalized spacial score (nSPS) is 20.4. The maximum atomic E-state index is 13.0. The number of para-hydroxylation sites is 1. The minimum atomic E-state index is -0.413. The van der Waals surface area contributed by atoms with Gasteiger partial charge in [-0.15, -0.1) is 0 Å². The molecule has 1 aromatic carbocycles. The first-order valence-electron chi connectivity index (χ1n) is 3.96. The van der Waals surface area contributed by atoms with Crippen LogP contribution in [0.15, 0.2) is 24.3 Å². The Hall–Kier alpha value is -1.58. The van der Waals surface area contributed by atoms with Gasteiger partial charge >= 0.3 is 0 Å². The number of ether oxygens (including phenoxy) is 1. The molecule has 13 heavy (non-hydrogen) atoms. The van der Waals surface area contributed by atoms with E-state index in [1.807, 2.05) is 0 Å². The molecule has 1 aliphatic rings.